The van der Waals surface area contributed by atoms with E-state index < -0.39 is 0 Å². The zero-order valence-corrected chi connectivity index (χ0v) is 16.0. The Morgan fingerprint density at radius 1 is 1.00 bits per heavy atom. The lowest BCUT2D eigenvalue weighted by Crippen LogP contribution is -2.26. The van der Waals surface area contributed by atoms with Crippen LogP contribution in [-0.4, -0.2) is 24.7 Å². The highest BCUT2D eigenvalue weighted by Crippen LogP contribution is 2.42. The summed E-state index contributed by atoms with van der Waals surface area (Å²) >= 11 is 1.99. The minimum absolute atomic E-state index is 0.349. The Balaban J connectivity index is 1.38. The van der Waals surface area contributed by atoms with Crippen LogP contribution in [0.2, 0.25) is 0 Å². The van der Waals surface area contributed by atoms with Crippen molar-refractivity contribution in [2.45, 2.75) is 16.7 Å². The number of benzene rings is 2. The second-order valence-corrected chi connectivity index (χ2v) is 8.21. The van der Waals surface area contributed by atoms with E-state index in [2.05, 4.69) is 109 Å². The molecule has 3 atom stereocenters. The van der Waals surface area contributed by atoms with E-state index in [0.717, 1.165) is 0 Å². The van der Waals surface area contributed by atoms with Gasteiger partial charge in [0.05, 0.1) is 5.37 Å². The molecule has 1 heterocycles. The van der Waals surface area contributed by atoms with Gasteiger partial charge in [-0.2, -0.15) is 0 Å². The van der Waals surface area contributed by atoms with Crippen molar-refractivity contribution in [3.63, 3.8) is 0 Å². The molecule has 1 saturated heterocycles. The van der Waals surface area contributed by atoms with Gasteiger partial charge in [0.15, 0.2) is 0 Å². The fourth-order valence-electron chi connectivity index (χ4n) is 3.44. The van der Waals surface area contributed by atoms with Gasteiger partial charge in [-0.15, -0.1) is 11.8 Å². The fourth-order valence-corrected chi connectivity index (χ4v) is 4.74. The fraction of sp³-hybridized carbons (Fsp3) is 0.217. The second kappa shape index (κ2) is 7.56. The van der Waals surface area contributed by atoms with E-state index in [9.17, 15) is 0 Å². The van der Waals surface area contributed by atoms with Crippen LogP contribution in [0.4, 0.5) is 5.69 Å². The van der Waals surface area contributed by atoms with E-state index >= 15 is 0 Å². The molecule has 0 radical (unpaired) electrons. The SMILES string of the molecule is CN(C)c1ccc(C=CC=CC2NC3c4ccccc4C=CC3S2)cc1. The van der Waals surface area contributed by atoms with E-state index in [-0.39, 0.29) is 0 Å². The number of hydrogen-bond acceptors (Lipinski definition) is 3. The van der Waals surface area contributed by atoms with Crippen molar-refractivity contribution in [2.75, 3.05) is 19.0 Å². The molecule has 2 aromatic rings. The lowest BCUT2D eigenvalue weighted by atomic mass is 9.92. The number of thioether (sulfide) groups is 1. The van der Waals surface area contributed by atoms with E-state index in [1.165, 1.54) is 22.4 Å². The minimum atomic E-state index is 0.349. The summed E-state index contributed by atoms with van der Waals surface area (Å²) in [6.07, 6.45) is 13.3. The zero-order valence-electron chi connectivity index (χ0n) is 15.2. The van der Waals surface area contributed by atoms with Crippen LogP contribution in [-0.2, 0) is 0 Å². The molecule has 0 amide bonds. The first-order valence-electron chi connectivity index (χ1n) is 9.01. The van der Waals surface area contributed by atoms with Gasteiger partial charge in [0, 0.05) is 31.1 Å². The highest BCUT2D eigenvalue weighted by atomic mass is 32.2. The van der Waals surface area contributed by atoms with Crippen molar-refractivity contribution < 1.29 is 0 Å². The number of nitrogens with zero attached hydrogens (tertiary/aromatic N) is 1. The molecule has 1 N–H and O–H groups in total. The van der Waals surface area contributed by atoms with Crippen LogP contribution in [0.5, 0.6) is 0 Å². The lowest BCUT2D eigenvalue weighted by Gasteiger charge is -2.22. The molecule has 2 nitrogen and oxygen atoms in total. The van der Waals surface area contributed by atoms with Crippen LogP contribution in [0.15, 0.2) is 72.8 Å². The first kappa shape index (κ1) is 17.2. The van der Waals surface area contributed by atoms with E-state index in [1.54, 1.807) is 0 Å². The Labute approximate surface area is 160 Å². The summed E-state index contributed by atoms with van der Waals surface area (Å²) in [5, 5.41) is 4.62. The number of allylic oxidation sites excluding steroid dienone is 2. The molecule has 1 aliphatic heterocycles. The predicted molar refractivity (Wildman–Crippen MR) is 115 cm³/mol. The quantitative estimate of drug-likeness (QED) is 0.762. The molecule has 3 heteroatoms. The maximum Gasteiger partial charge on any atom is 0.0734 e. The Hall–Kier alpha value is -2.23. The summed E-state index contributed by atoms with van der Waals surface area (Å²) in [5.74, 6) is 0. The molecule has 0 aromatic heterocycles. The van der Waals surface area contributed by atoms with Gasteiger partial charge in [-0.25, -0.2) is 0 Å². The van der Waals surface area contributed by atoms with Crippen molar-refractivity contribution in [3.8, 4) is 0 Å². The van der Waals surface area contributed by atoms with Crippen LogP contribution in [0.1, 0.15) is 22.7 Å². The number of anilines is 1. The third kappa shape index (κ3) is 3.64. The van der Waals surface area contributed by atoms with Crippen LogP contribution < -0.4 is 10.2 Å². The summed E-state index contributed by atoms with van der Waals surface area (Å²) < 4.78 is 0. The normalized spacial score (nSPS) is 24.2. The largest absolute Gasteiger partial charge is 0.378 e. The maximum atomic E-state index is 3.75. The van der Waals surface area contributed by atoms with Gasteiger partial charge in [0.1, 0.15) is 0 Å². The molecule has 132 valence electrons. The van der Waals surface area contributed by atoms with E-state index in [4.69, 9.17) is 0 Å². The number of nitrogens with one attached hydrogen (secondary N) is 1. The third-order valence-corrected chi connectivity index (χ3v) is 6.20. The Kier molecular flexibility index (Phi) is 5.00. The van der Waals surface area contributed by atoms with Gasteiger partial charge in [0.25, 0.3) is 0 Å². The van der Waals surface area contributed by atoms with Crippen LogP contribution >= 0.6 is 11.8 Å². The van der Waals surface area contributed by atoms with Crippen molar-refractivity contribution in [3.05, 3.63) is 89.5 Å². The van der Waals surface area contributed by atoms with Crippen LogP contribution in [0, 0.1) is 0 Å². The molecule has 4 rings (SSSR count). The van der Waals surface area contributed by atoms with E-state index in [1.807, 2.05) is 11.8 Å². The molecular weight excluding hydrogens is 336 g/mol. The summed E-state index contributed by atoms with van der Waals surface area (Å²) in [6.45, 7) is 0. The van der Waals surface area contributed by atoms with Gasteiger partial charge < -0.3 is 4.90 Å². The summed E-state index contributed by atoms with van der Waals surface area (Å²) in [6, 6.07) is 17.7. The molecule has 2 aliphatic rings. The smallest absolute Gasteiger partial charge is 0.0734 e. The Bertz CT molecular complexity index is 849. The molecule has 1 fully saturated rings. The van der Waals surface area contributed by atoms with Crippen molar-refractivity contribution in [1.29, 1.82) is 0 Å². The minimum Gasteiger partial charge on any atom is -0.378 e. The molecular formula is C23H24N2S. The monoisotopic (exact) mass is 360 g/mol. The maximum absolute atomic E-state index is 3.75. The summed E-state index contributed by atoms with van der Waals surface area (Å²) in [7, 11) is 4.12. The molecule has 0 spiro atoms. The zero-order chi connectivity index (χ0) is 17.9. The lowest BCUT2D eigenvalue weighted by molar-refractivity contribution is 0.596. The van der Waals surface area contributed by atoms with Gasteiger partial charge in [-0.05, 0) is 28.8 Å². The van der Waals surface area contributed by atoms with E-state index in [0.29, 0.717) is 16.7 Å². The number of rotatable bonds is 4. The molecule has 26 heavy (non-hydrogen) atoms. The van der Waals surface area contributed by atoms with Crippen LogP contribution in [0.3, 0.4) is 0 Å². The predicted octanol–water partition coefficient (Wildman–Crippen LogP) is 5.12. The topological polar surface area (TPSA) is 15.3 Å². The molecule has 0 saturated carbocycles. The number of fused-ring (bicyclic) bond motifs is 3. The first-order valence-corrected chi connectivity index (χ1v) is 9.96. The average Bonchev–Trinajstić information content (AvgIpc) is 3.09. The molecule has 1 aliphatic carbocycles. The third-order valence-electron chi connectivity index (χ3n) is 4.87. The molecule has 2 aromatic carbocycles. The van der Waals surface area contributed by atoms with Crippen molar-refractivity contribution in [1.82, 2.24) is 5.32 Å². The van der Waals surface area contributed by atoms with Gasteiger partial charge in [0.2, 0.25) is 0 Å². The van der Waals surface area contributed by atoms with Gasteiger partial charge >= 0.3 is 0 Å². The number of hydrogen-bond donors (Lipinski definition) is 1. The highest BCUT2D eigenvalue weighted by Gasteiger charge is 2.35. The first-order chi connectivity index (χ1) is 12.7. The average molecular weight is 361 g/mol. The highest BCUT2D eigenvalue weighted by molar-refractivity contribution is 8.01. The van der Waals surface area contributed by atoms with Gasteiger partial charge in [-0.1, -0.05) is 72.9 Å². The van der Waals surface area contributed by atoms with Crippen LogP contribution in [0.25, 0.3) is 12.2 Å². The molecule has 3 unspecified atom stereocenters. The summed E-state index contributed by atoms with van der Waals surface area (Å²) in [4.78, 5) is 2.11. The molecule has 0 bridgehead atoms. The second-order valence-electron chi connectivity index (χ2n) is 6.88. The standard InChI is InChI=1S/C23H24N2S/c1-25(2)19-14-11-17(12-15-19)7-3-6-10-22-24-23-20-9-5-4-8-18(20)13-16-21(23)26-22/h3-16,21-24H,1-2H3. The summed E-state index contributed by atoms with van der Waals surface area (Å²) in [5.41, 5.74) is 5.20. The Morgan fingerprint density at radius 2 is 1.81 bits per heavy atom. The van der Waals surface area contributed by atoms with Gasteiger partial charge in [-0.3, -0.25) is 5.32 Å². The van der Waals surface area contributed by atoms with Crippen molar-refractivity contribution >= 4 is 29.6 Å². The van der Waals surface area contributed by atoms with Crippen molar-refractivity contribution in [2.24, 2.45) is 0 Å². The Morgan fingerprint density at radius 3 is 2.62 bits per heavy atom.